The van der Waals surface area contributed by atoms with Gasteiger partial charge in [-0.3, -0.25) is 10.1 Å². The first kappa shape index (κ1) is 10.8. The summed E-state index contributed by atoms with van der Waals surface area (Å²) < 4.78 is 10.4. The van der Waals surface area contributed by atoms with Crippen LogP contribution in [0, 0.1) is 10.1 Å². The molecular formula is C9H11N3O4. The van der Waals surface area contributed by atoms with Crippen molar-refractivity contribution < 1.29 is 14.4 Å². The molecule has 0 amide bonds. The summed E-state index contributed by atoms with van der Waals surface area (Å²) in [5, 5.41) is 13.5. The minimum atomic E-state index is -0.480. The van der Waals surface area contributed by atoms with Gasteiger partial charge >= 0.3 is 5.69 Å². The second-order valence-electron chi connectivity index (χ2n) is 3.18. The topological polar surface area (TPSA) is 86.5 Å². The highest BCUT2D eigenvalue weighted by Crippen LogP contribution is 2.20. The summed E-state index contributed by atoms with van der Waals surface area (Å²) in [5.74, 6) is 0.228. The molecule has 7 nitrogen and oxygen atoms in total. The monoisotopic (exact) mass is 225 g/mol. The van der Waals surface area contributed by atoms with Crippen molar-refractivity contribution in [2.24, 2.45) is 0 Å². The van der Waals surface area contributed by atoms with E-state index in [0.29, 0.717) is 19.8 Å². The van der Waals surface area contributed by atoms with Crippen LogP contribution in [0.4, 0.5) is 11.5 Å². The van der Waals surface area contributed by atoms with Crippen molar-refractivity contribution in [2.45, 2.75) is 6.29 Å². The van der Waals surface area contributed by atoms with E-state index in [1.165, 1.54) is 18.3 Å². The normalized spacial score (nSPS) is 16.2. The molecule has 2 rings (SSSR count). The summed E-state index contributed by atoms with van der Waals surface area (Å²) >= 11 is 0. The SMILES string of the molecule is O=[N+]([O-])c1cccnc1NCC1OCCO1. The van der Waals surface area contributed by atoms with Crippen LogP contribution < -0.4 is 5.32 Å². The highest BCUT2D eigenvalue weighted by molar-refractivity contribution is 5.54. The maximum absolute atomic E-state index is 10.7. The van der Waals surface area contributed by atoms with Gasteiger partial charge in [-0.05, 0) is 6.07 Å². The van der Waals surface area contributed by atoms with Crippen molar-refractivity contribution in [3.05, 3.63) is 28.4 Å². The summed E-state index contributed by atoms with van der Waals surface area (Å²) in [7, 11) is 0. The second-order valence-corrected chi connectivity index (χ2v) is 3.18. The highest BCUT2D eigenvalue weighted by atomic mass is 16.7. The zero-order valence-electron chi connectivity index (χ0n) is 8.46. The van der Waals surface area contributed by atoms with Crippen LogP contribution in [0.25, 0.3) is 0 Å². The molecule has 0 atom stereocenters. The predicted molar refractivity (Wildman–Crippen MR) is 55.1 cm³/mol. The molecule has 1 aliphatic heterocycles. The molecule has 0 aliphatic carbocycles. The molecule has 1 saturated heterocycles. The molecule has 0 aromatic carbocycles. The van der Waals surface area contributed by atoms with E-state index in [9.17, 15) is 10.1 Å². The Morgan fingerprint density at radius 1 is 1.56 bits per heavy atom. The van der Waals surface area contributed by atoms with E-state index < -0.39 is 4.92 Å². The van der Waals surface area contributed by atoms with E-state index in [1.807, 2.05) is 0 Å². The molecule has 16 heavy (non-hydrogen) atoms. The van der Waals surface area contributed by atoms with Crippen LogP contribution in [0.5, 0.6) is 0 Å². The van der Waals surface area contributed by atoms with Crippen LogP contribution in [0.1, 0.15) is 0 Å². The van der Waals surface area contributed by atoms with Crippen molar-refractivity contribution in [3.63, 3.8) is 0 Å². The van der Waals surface area contributed by atoms with E-state index in [4.69, 9.17) is 9.47 Å². The number of hydrogen-bond acceptors (Lipinski definition) is 6. The van der Waals surface area contributed by atoms with Gasteiger partial charge in [0.1, 0.15) is 0 Å². The Hall–Kier alpha value is -1.73. The van der Waals surface area contributed by atoms with E-state index in [-0.39, 0.29) is 17.8 Å². The lowest BCUT2D eigenvalue weighted by Crippen LogP contribution is -2.21. The summed E-state index contributed by atoms with van der Waals surface area (Å²) in [6, 6.07) is 2.91. The fourth-order valence-corrected chi connectivity index (χ4v) is 1.39. The Morgan fingerprint density at radius 2 is 2.31 bits per heavy atom. The first-order valence-electron chi connectivity index (χ1n) is 4.84. The van der Waals surface area contributed by atoms with Crippen LogP contribution in [0.15, 0.2) is 18.3 Å². The molecular weight excluding hydrogens is 214 g/mol. The molecule has 2 heterocycles. The third-order valence-electron chi connectivity index (χ3n) is 2.11. The maximum Gasteiger partial charge on any atom is 0.311 e. The van der Waals surface area contributed by atoms with E-state index in [0.717, 1.165) is 0 Å². The number of pyridine rings is 1. The number of nitro groups is 1. The highest BCUT2D eigenvalue weighted by Gasteiger charge is 2.18. The Bertz CT molecular complexity index is 379. The van der Waals surface area contributed by atoms with Crippen LogP contribution in [0.3, 0.4) is 0 Å². The summed E-state index contributed by atoms with van der Waals surface area (Å²) in [6.07, 6.45) is 1.13. The Kier molecular flexibility index (Phi) is 3.28. The average molecular weight is 225 g/mol. The van der Waals surface area contributed by atoms with E-state index in [1.54, 1.807) is 0 Å². The number of nitrogens with one attached hydrogen (secondary N) is 1. The molecule has 0 spiro atoms. The third kappa shape index (κ3) is 2.44. The number of anilines is 1. The van der Waals surface area contributed by atoms with Gasteiger partial charge in [-0.1, -0.05) is 0 Å². The van der Waals surface area contributed by atoms with Gasteiger partial charge in [0.15, 0.2) is 6.29 Å². The molecule has 1 aliphatic rings. The minimum absolute atomic E-state index is 0.0551. The Labute approximate surface area is 91.5 Å². The molecule has 1 aromatic rings. The second kappa shape index (κ2) is 4.86. The lowest BCUT2D eigenvalue weighted by Gasteiger charge is -2.10. The molecule has 7 heteroatoms. The first-order valence-corrected chi connectivity index (χ1v) is 4.84. The number of nitrogens with zero attached hydrogens (tertiary/aromatic N) is 2. The maximum atomic E-state index is 10.7. The average Bonchev–Trinajstić information content (AvgIpc) is 2.79. The largest absolute Gasteiger partial charge is 0.359 e. The van der Waals surface area contributed by atoms with Crippen LogP contribution in [-0.4, -0.2) is 36.0 Å². The quantitative estimate of drug-likeness (QED) is 0.601. The van der Waals surface area contributed by atoms with Gasteiger partial charge in [-0.15, -0.1) is 0 Å². The lowest BCUT2D eigenvalue weighted by atomic mass is 10.4. The number of aromatic nitrogens is 1. The fraction of sp³-hybridized carbons (Fsp3) is 0.444. The zero-order valence-corrected chi connectivity index (χ0v) is 8.46. The fourth-order valence-electron chi connectivity index (χ4n) is 1.39. The molecule has 0 radical (unpaired) electrons. The smallest absolute Gasteiger partial charge is 0.311 e. The van der Waals surface area contributed by atoms with Crippen molar-refractivity contribution in [3.8, 4) is 0 Å². The standard InChI is InChI=1S/C9H11N3O4/c13-12(14)7-2-1-3-10-9(7)11-6-8-15-4-5-16-8/h1-3,8H,4-6H2,(H,10,11). The first-order chi connectivity index (χ1) is 7.77. The number of hydrogen-bond donors (Lipinski definition) is 1. The summed E-state index contributed by atoms with van der Waals surface area (Å²) in [5.41, 5.74) is -0.0551. The molecule has 1 N–H and O–H groups in total. The van der Waals surface area contributed by atoms with Crippen LogP contribution in [0.2, 0.25) is 0 Å². The summed E-state index contributed by atoms with van der Waals surface area (Å²) in [4.78, 5) is 14.1. The van der Waals surface area contributed by atoms with Crippen LogP contribution in [-0.2, 0) is 9.47 Å². The Balaban J connectivity index is 2.00. The van der Waals surface area contributed by atoms with Crippen molar-refractivity contribution >= 4 is 11.5 Å². The lowest BCUT2D eigenvalue weighted by molar-refractivity contribution is -0.384. The molecule has 0 bridgehead atoms. The van der Waals surface area contributed by atoms with Gasteiger partial charge in [-0.25, -0.2) is 4.98 Å². The van der Waals surface area contributed by atoms with Crippen molar-refractivity contribution in [2.75, 3.05) is 25.1 Å². The molecule has 1 aromatic heterocycles. The molecule has 0 saturated carbocycles. The number of rotatable bonds is 4. The van der Waals surface area contributed by atoms with E-state index >= 15 is 0 Å². The minimum Gasteiger partial charge on any atom is -0.359 e. The molecule has 1 fully saturated rings. The van der Waals surface area contributed by atoms with Gasteiger partial charge in [-0.2, -0.15) is 0 Å². The van der Waals surface area contributed by atoms with Gasteiger partial charge in [0, 0.05) is 12.3 Å². The van der Waals surface area contributed by atoms with Crippen molar-refractivity contribution in [1.29, 1.82) is 0 Å². The Morgan fingerprint density at radius 3 is 3.00 bits per heavy atom. The predicted octanol–water partition coefficient (Wildman–Crippen LogP) is 0.775. The number of ether oxygens (including phenoxy) is 2. The van der Waals surface area contributed by atoms with Gasteiger partial charge in [0.25, 0.3) is 0 Å². The summed E-state index contributed by atoms with van der Waals surface area (Å²) in [6.45, 7) is 1.45. The molecule has 0 unspecified atom stereocenters. The van der Waals surface area contributed by atoms with Crippen LogP contribution >= 0.6 is 0 Å². The zero-order chi connectivity index (χ0) is 11.4. The molecule has 86 valence electrons. The van der Waals surface area contributed by atoms with Crippen molar-refractivity contribution in [1.82, 2.24) is 4.98 Å². The third-order valence-corrected chi connectivity index (χ3v) is 2.11. The van der Waals surface area contributed by atoms with E-state index in [2.05, 4.69) is 10.3 Å². The van der Waals surface area contributed by atoms with Gasteiger partial charge < -0.3 is 14.8 Å². The van der Waals surface area contributed by atoms with Gasteiger partial charge in [0.05, 0.1) is 24.7 Å². The van der Waals surface area contributed by atoms with Gasteiger partial charge in [0.2, 0.25) is 5.82 Å².